The standard InChI is InChI=1S/C15H14ClIN2.C10H12IN.C5H3Cl2N/c1-15(2)9-19(13-5-6-18-8-12(13)16)14-7-10(17)3-4-11(14)15;1-10(2)6-12-9-5-7(11)3-4-8(9)10;6-4-1-2-8-3-5(4)7/h3-8H,9H2,1-2H3;3-5,12H,6H2,1-2H3;1-3H. The first-order valence-electron chi connectivity index (χ1n) is 12.3. The lowest BCUT2D eigenvalue weighted by atomic mass is 9.87. The van der Waals surface area contributed by atoms with Crippen molar-refractivity contribution in [3.63, 3.8) is 0 Å². The summed E-state index contributed by atoms with van der Waals surface area (Å²) in [5, 5.41) is 5.16. The average molecular weight is 806 g/mol. The summed E-state index contributed by atoms with van der Waals surface area (Å²) in [5.41, 5.74) is 6.86. The van der Waals surface area contributed by atoms with Crippen LogP contribution in [-0.4, -0.2) is 23.1 Å². The molecule has 9 heteroatoms. The number of anilines is 3. The van der Waals surface area contributed by atoms with Crippen LogP contribution in [0.1, 0.15) is 38.8 Å². The van der Waals surface area contributed by atoms with Crippen LogP contribution in [0.3, 0.4) is 0 Å². The van der Waals surface area contributed by atoms with Gasteiger partial charge in [-0.1, -0.05) is 74.6 Å². The van der Waals surface area contributed by atoms with E-state index in [4.69, 9.17) is 34.8 Å². The zero-order valence-electron chi connectivity index (χ0n) is 22.1. The van der Waals surface area contributed by atoms with Crippen LogP contribution in [0.25, 0.3) is 0 Å². The molecule has 2 aromatic heterocycles. The Bertz CT molecular complexity index is 1460. The van der Waals surface area contributed by atoms with Gasteiger partial charge in [0.05, 0.1) is 20.8 Å². The van der Waals surface area contributed by atoms with E-state index in [0.29, 0.717) is 20.5 Å². The van der Waals surface area contributed by atoms with Gasteiger partial charge in [-0.05, 0) is 92.7 Å². The van der Waals surface area contributed by atoms with Gasteiger partial charge in [0, 0.05) is 67.2 Å². The Hall–Kier alpha value is -1.33. The van der Waals surface area contributed by atoms with Gasteiger partial charge in [-0.25, -0.2) is 0 Å². The fourth-order valence-electron chi connectivity index (χ4n) is 4.69. The Morgan fingerprint density at radius 1 is 0.718 bits per heavy atom. The highest BCUT2D eigenvalue weighted by Crippen LogP contribution is 2.46. The Morgan fingerprint density at radius 2 is 1.33 bits per heavy atom. The smallest absolute Gasteiger partial charge is 0.0826 e. The largest absolute Gasteiger partial charge is 0.384 e. The zero-order valence-corrected chi connectivity index (χ0v) is 28.7. The van der Waals surface area contributed by atoms with E-state index in [-0.39, 0.29) is 5.41 Å². The molecule has 2 aromatic carbocycles. The average Bonchev–Trinajstić information content (AvgIpc) is 3.33. The van der Waals surface area contributed by atoms with Crippen LogP contribution in [0, 0.1) is 7.14 Å². The quantitative estimate of drug-likeness (QED) is 0.195. The lowest BCUT2D eigenvalue weighted by molar-refractivity contribution is 0.569. The molecule has 2 aliphatic heterocycles. The Balaban J connectivity index is 0.000000150. The minimum absolute atomic E-state index is 0.131. The third kappa shape index (κ3) is 7.31. The van der Waals surface area contributed by atoms with Gasteiger partial charge in [0.2, 0.25) is 0 Å². The van der Waals surface area contributed by atoms with E-state index in [0.717, 1.165) is 18.8 Å². The van der Waals surface area contributed by atoms with Crippen molar-refractivity contribution in [3.05, 3.63) is 107 Å². The Labute approximate surface area is 273 Å². The lowest BCUT2D eigenvalue weighted by Gasteiger charge is -2.23. The number of nitrogens with zero attached hydrogens (tertiary/aromatic N) is 3. The van der Waals surface area contributed by atoms with Gasteiger partial charge in [0.1, 0.15) is 0 Å². The molecule has 0 bridgehead atoms. The maximum atomic E-state index is 6.30. The Morgan fingerprint density at radius 3 is 1.95 bits per heavy atom. The normalized spacial score (nSPS) is 15.7. The molecule has 0 amide bonds. The second-order valence-corrected chi connectivity index (χ2v) is 14.4. The molecule has 2 aliphatic rings. The predicted octanol–water partition coefficient (Wildman–Crippen LogP) is 10.2. The second kappa shape index (κ2) is 12.7. The number of rotatable bonds is 1. The molecule has 4 aromatic rings. The van der Waals surface area contributed by atoms with Gasteiger partial charge in [-0.2, -0.15) is 0 Å². The highest BCUT2D eigenvalue weighted by Gasteiger charge is 2.36. The molecule has 0 fully saturated rings. The van der Waals surface area contributed by atoms with Crippen LogP contribution in [0.15, 0.2) is 73.3 Å². The van der Waals surface area contributed by atoms with E-state index >= 15 is 0 Å². The first-order valence-corrected chi connectivity index (χ1v) is 15.6. The van der Waals surface area contributed by atoms with Crippen LogP contribution in [0.2, 0.25) is 15.1 Å². The van der Waals surface area contributed by atoms with Crippen molar-refractivity contribution in [2.45, 2.75) is 38.5 Å². The van der Waals surface area contributed by atoms with Gasteiger partial charge in [0.15, 0.2) is 0 Å². The number of nitrogens with one attached hydrogen (secondary N) is 1. The van der Waals surface area contributed by atoms with Crippen LogP contribution in [0.4, 0.5) is 17.1 Å². The molecule has 4 nitrogen and oxygen atoms in total. The van der Waals surface area contributed by atoms with Crippen LogP contribution < -0.4 is 10.2 Å². The highest BCUT2D eigenvalue weighted by molar-refractivity contribution is 14.1. The summed E-state index contributed by atoms with van der Waals surface area (Å²) >= 11 is 22.0. The predicted molar refractivity (Wildman–Crippen MR) is 183 cm³/mol. The van der Waals surface area contributed by atoms with Gasteiger partial charge >= 0.3 is 0 Å². The van der Waals surface area contributed by atoms with E-state index in [1.165, 1.54) is 35.8 Å². The summed E-state index contributed by atoms with van der Waals surface area (Å²) in [7, 11) is 0. The zero-order chi connectivity index (χ0) is 28.4. The molecule has 204 valence electrons. The first-order chi connectivity index (χ1) is 18.4. The fourth-order valence-corrected chi connectivity index (χ4v) is 6.10. The minimum Gasteiger partial charge on any atom is -0.384 e. The van der Waals surface area contributed by atoms with E-state index in [1.807, 2.05) is 6.07 Å². The summed E-state index contributed by atoms with van der Waals surface area (Å²) < 4.78 is 2.54. The van der Waals surface area contributed by atoms with Gasteiger partial charge in [-0.15, -0.1) is 0 Å². The number of aromatic nitrogens is 2. The van der Waals surface area contributed by atoms with Crippen LogP contribution in [-0.2, 0) is 10.8 Å². The maximum Gasteiger partial charge on any atom is 0.0826 e. The van der Waals surface area contributed by atoms with Crippen molar-refractivity contribution in [2.24, 2.45) is 0 Å². The lowest BCUT2D eigenvalue weighted by Crippen LogP contribution is -2.25. The summed E-state index contributed by atoms with van der Waals surface area (Å²) in [5.74, 6) is 0. The molecular formula is C30H29Cl3I2N4. The molecule has 0 radical (unpaired) electrons. The van der Waals surface area contributed by atoms with Crippen molar-refractivity contribution >= 4 is 97.0 Å². The topological polar surface area (TPSA) is 41.1 Å². The molecule has 4 heterocycles. The van der Waals surface area contributed by atoms with E-state index in [1.54, 1.807) is 24.7 Å². The number of hydrogen-bond donors (Lipinski definition) is 1. The number of fused-ring (bicyclic) bond motifs is 2. The van der Waals surface area contributed by atoms with Crippen LogP contribution >= 0.6 is 80.0 Å². The van der Waals surface area contributed by atoms with Crippen LogP contribution in [0.5, 0.6) is 0 Å². The van der Waals surface area contributed by atoms with Gasteiger partial charge < -0.3 is 10.2 Å². The highest BCUT2D eigenvalue weighted by atomic mass is 127. The maximum absolute atomic E-state index is 6.30. The third-order valence-electron chi connectivity index (χ3n) is 6.73. The van der Waals surface area contributed by atoms with Crippen molar-refractivity contribution in [1.29, 1.82) is 0 Å². The SMILES string of the molecule is CC1(C)CN(c2ccncc2Cl)c2cc(I)ccc21.CC1(C)CNc2cc(I)ccc21.Clc1ccncc1Cl. The number of hydrogen-bond acceptors (Lipinski definition) is 4. The first kappa shape index (κ1) is 30.6. The van der Waals surface area contributed by atoms with Gasteiger partial charge in [-0.3, -0.25) is 9.97 Å². The molecule has 0 aliphatic carbocycles. The molecule has 39 heavy (non-hydrogen) atoms. The number of halogens is 5. The van der Waals surface area contributed by atoms with Crippen molar-refractivity contribution in [2.75, 3.05) is 23.3 Å². The molecule has 0 saturated heterocycles. The van der Waals surface area contributed by atoms with Gasteiger partial charge in [0.25, 0.3) is 0 Å². The van der Waals surface area contributed by atoms with Crippen molar-refractivity contribution in [1.82, 2.24) is 9.97 Å². The Kier molecular flexibility index (Phi) is 9.95. The van der Waals surface area contributed by atoms with Crippen molar-refractivity contribution in [3.8, 4) is 0 Å². The molecule has 0 saturated carbocycles. The monoisotopic (exact) mass is 804 g/mol. The van der Waals surface area contributed by atoms with Crippen molar-refractivity contribution < 1.29 is 0 Å². The third-order valence-corrected chi connectivity index (χ3v) is 9.09. The molecule has 0 spiro atoms. The number of pyridine rings is 2. The molecule has 6 rings (SSSR count). The minimum atomic E-state index is 0.131. The summed E-state index contributed by atoms with van der Waals surface area (Å²) in [6, 6.07) is 16.9. The summed E-state index contributed by atoms with van der Waals surface area (Å²) in [6.45, 7) is 11.1. The van der Waals surface area contributed by atoms with E-state index < -0.39 is 0 Å². The fraction of sp³-hybridized carbons (Fsp3) is 0.267. The van der Waals surface area contributed by atoms with E-state index in [9.17, 15) is 0 Å². The molecule has 0 atom stereocenters. The molecule has 1 N–H and O–H groups in total. The molecule has 0 unspecified atom stereocenters. The molecular weight excluding hydrogens is 777 g/mol. The number of benzene rings is 2. The second-order valence-electron chi connectivity index (χ2n) is 10.7. The van der Waals surface area contributed by atoms with E-state index in [2.05, 4.69) is 129 Å². The summed E-state index contributed by atoms with van der Waals surface area (Å²) in [4.78, 5) is 10.1. The summed E-state index contributed by atoms with van der Waals surface area (Å²) in [6.07, 6.45) is 6.59.